The number of rotatable bonds is 10. The van der Waals surface area contributed by atoms with E-state index in [2.05, 4.69) is 0 Å². The first-order valence-corrected chi connectivity index (χ1v) is 6.17. The number of ether oxygens (including phenoxy) is 1. The summed E-state index contributed by atoms with van der Waals surface area (Å²) in [5.74, 6) is 0.00857. The van der Waals surface area contributed by atoms with Gasteiger partial charge in [0.05, 0.1) is 38.9 Å². The van der Waals surface area contributed by atoms with Crippen molar-refractivity contribution in [2.75, 3.05) is 53.0 Å². The van der Waals surface area contributed by atoms with Gasteiger partial charge in [0.2, 0.25) is 5.91 Å². The van der Waals surface area contributed by atoms with E-state index in [1.165, 1.54) is 0 Å². The van der Waals surface area contributed by atoms with Gasteiger partial charge in [0.25, 0.3) is 0 Å². The van der Waals surface area contributed by atoms with Crippen molar-refractivity contribution in [2.24, 2.45) is 0 Å². The van der Waals surface area contributed by atoms with E-state index in [9.17, 15) is 4.79 Å². The van der Waals surface area contributed by atoms with E-state index in [1.807, 2.05) is 17.9 Å². The van der Waals surface area contributed by atoms with Crippen LogP contribution in [0.5, 0.6) is 0 Å². The lowest BCUT2D eigenvalue weighted by Gasteiger charge is -2.23. The molecule has 6 nitrogen and oxygen atoms in total. The second kappa shape index (κ2) is 11.0. The van der Waals surface area contributed by atoms with Gasteiger partial charge in [0, 0.05) is 20.1 Å². The SMILES string of the molecule is CCN(CCOCCO)CC(=O)N(C)CCC#N. The molecule has 0 spiro atoms. The molecule has 0 atom stereocenters. The molecule has 0 saturated carbocycles. The Morgan fingerprint density at radius 3 is 2.67 bits per heavy atom. The molecule has 1 amide bonds. The van der Waals surface area contributed by atoms with Crippen molar-refractivity contribution in [3.63, 3.8) is 0 Å². The van der Waals surface area contributed by atoms with Crippen LogP contribution >= 0.6 is 0 Å². The zero-order chi connectivity index (χ0) is 13.8. The summed E-state index contributed by atoms with van der Waals surface area (Å²) >= 11 is 0. The molecule has 0 aliphatic carbocycles. The number of aliphatic hydroxyl groups excluding tert-OH is 1. The maximum atomic E-state index is 11.8. The minimum absolute atomic E-state index is 0.00857. The molecule has 0 unspecified atom stereocenters. The number of carbonyl (C=O) groups is 1. The van der Waals surface area contributed by atoms with E-state index >= 15 is 0 Å². The molecule has 0 aliphatic heterocycles. The standard InChI is InChI=1S/C12H23N3O3/c1-3-15(7-9-18-10-8-16)11-12(17)14(2)6-4-5-13/h16H,3-4,6-11H2,1-2H3. The first-order chi connectivity index (χ1) is 8.65. The quantitative estimate of drug-likeness (QED) is 0.543. The molecule has 1 N–H and O–H groups in total. The molecule has 104 valence electrons. The number of likely N-dealkylation sites (N-methyl/N-ethyl adjacent to an activating group) is 2. The van der Waals surface area contributed by atoms with Gasteiger partial charge in [-0.3, -0.25) is 9.69 Å². The van der Waals surface area contributed by atoms with Gasteiger partial charge in [-0.05, 0) is 6.54 Å². The lowest BCUT2D eigenvalue weighted by Crippen LogP contribution is -2.40. The van der Waals surface area contributed by atoms with Crippen LogP contribution in [0.15, 0.2) is 0 Å². The van der Waals surface area contributed by atoms with Crippen molar-refractivity contribution in [1.82, 2.24) is 9.80 Å². The fourth-order valence-corrected chi connectivity index (χ4v) is 1.36. The summed E-state index contributed by atoms with van der Waals surface area (Å²) in [5.41, 5.74) is 0. The molecule has 6 heteroatoms. The first kappa shape index (κ1) is 16.8. The Balaban J connectivity index is 3.88. The topological polar surface area (TPSA) is 76.8 Å². The molecule has 0 aliphatic rings. The highest BCUT2D eigenvalue weighted by atomic mass is 16.5. The van der Waals surface area contributed by atoms with Crippen LogP contribution in [-0.2, 0) is 9.53 Å². The number of aliphatic hydroxyl groups is 1. The van der Waals surface area contributed by atoms with E-state index in [0.29, 0.717) is 39.3 Å². The Hall–Kier alpha value is -1.16. The van der Waals surface area contributed by atoms with E-state index in [4.69, 9.17) is 15.1 Å². The van der Waals surface area contributed by atoms with Crippen molar-refractivity contribution in [2.45, 2.75) is 13.3 Å². The van der Waals surface area contributed by atoms with Crippen LogP contribution in [0.25, 0.3) is 0 Å². The molecule has 0 saturated heterocycles. The average Bonchev–Trinajstić information content (AvgIpc) is 2.39. The number of hydrogen-bond acceptors (Lipinski definition) is 5. The van der Waals surface area contributed by atoms with Gasteiger partial charge in [-0.1, -0.05) is 6.92 Å². The predicted molar refractivity (Wildman–Crippen MR) is 67.9 cm³/mol. The summed E-state index contributed by atoms with van der Waals surface area (Å²) in [5, 5.41) is 17.0. The van der Waals surface area contributed by atoms with Crippen molar-refractivity contribution in [3.8, 4) is 6.07 Å². The van der Waals surface area contributed by atoms with Crippen LogP contribution in [0.3, 0.4) is 0 Å². The van der Waals surface area contributed by atoms with Crippen LogP contribution in [0.4, 0.5) is 0 Å². The molecule has 0 radical (unpaired) electrons. The van der Waals surface area contributed by atoms with Gasteiger partial charge in [0.15, 0.2) is 0 Å². The highest BCUT2D eigenvalue weighted by Gasteiger charge is 2.12. The summed E-state index contributed by atoms with van der Waals surface area (Å²) in [6.07, 6.45) is 0.355. The molecule has 0 fully saturated rings. The molecule has 0 heterocycles. The third-order valence-corrected chi connectivity index (χ3v) is 2.58. The van der Waals surface area contributed by atoms with Gasteiger partial charge < -0.3 is 14.7 Å². The van der Waals surface area contributed by atoms with Crippen LogP contribution in [0.1, 0.15) is 13.3 Å². The summed E-state index contributed by atoms with van der Waals surface area (Å²) < 4.78 is 5.16. The minimum Gasteiger partial charge on any atom is -0.394 e. The Labute approximate surface area is 109 Å². The normalized spacial score (nSPS) is 10.4. The zero-order valence-electron chi connectivity index (χ0n) is 11.3. The van der Waals surface area contributed by atoms with Crippen LogP contribution in [0.2, 0.25) is 0 Å². The third kappa shape index (κ3) is 8.01. The van der Waals surface area contributed by atoms with E-state index in [1.54, 1.807) is 11.9 Å². The van der Waals surface area contributed by atoms with Crippen molar-refractivity contribution in [3.05, 3.63) is 0 Å². The van der Waals surface area contributed by atoms with Gasteiger partial charge >= 0.3 is 0 Å². The Kier molecular flexibility index (Phi) is 10.3. The summed E-state index contributed by atoms with van der Waals surface area (Å²) in [4.78, 5) is 15.3. The van der Waals surface area contributed by atoms with Crippen LogP contribution in [-0.4, -0.2) is 73.9 Å². The van der Waals surface area contributed by atoms with Crippen molar-refractivity contribution >= 4 is 5.91 Å². The van der Waals surface area contributed by atoms with E-state index in [-0.39, 0.29) is 12.5 Å². The summed E-state index contributed by atoms with van der Waals surface area (Å²) in [6, 6.07) is 2.02. The number of amides is 1. The van der Waals surface area contributed by atoms with Gasteiger partial charge in [0.1, 0.15) is 0 Å². The Morgan fingerprint density at radius 1 is 1.39 bits per heavy atom. The third-order valence-electron chi connectivity index (χ3n) is 2.58. The molecule has 0 aromatic heterocycles. The zero-order valence-corrected chi connectivity index (χ0v) is 11.3. The van der Waals surface area contributed by atoms with Crippen molar-refractivity contribution < 1.29 is 14.6 Å². The van der Waals surface area contributed by atoms with Gasteiger partial charge in [-0.25, -0.2) is 0 Å². The molecule has 18 heavy (non-hydrogen) atoms. The summed E-state index contributed by atoms with van der Waals surface area (Å²) in [7, 11) is 1.70. The smallest absolute Gasteiger partial charge is 0.236 e. The first-order valence-electron chi connectivity index (χ1n) is 6.17. The van der Waals surface area contributed by atoms with Crippen LogP contribution in [0, 0.1) is 11.3 Å². The molecular weight excluding hydrogens is 234 g/mol. The fourth-order valence-electron chi connectivity index (χ4n) is 1.36. The monoisotopic (exact) mass is 257 g/mol. The second-order valence-electron chi connectivity index (χ2n) is 3.93. The predicted octanol–water partition coefficient (Wildman–Crippen LogP) is -0.311. The van der Waals surface area contributed by atoms with Gasteiger partial charge in [-0.15, -0.1) is 0 Å². The van der Waals surface area contributed by atoms with Crippen LogP contribution < -0.4 is 0 Å². The molecule has 0 rings (SSSR count). The number of hydrogen-bond donors (Lipinski definition) is 1. The summed E-state index contributed by atoms with van der Waals surface area (Å²) in [6.45, 7) is 5.05. The highest BCUT2D eigenvalue weighted by molar-refractivity contribution is 5.77. The Bertz CT molecular complexity index is 266. The maximum absolute atomic E-state index is 11.8. The largest absolute Gasteiger partial charge is 0.394 e. The maximum Gasteiger partial charge on any atom is 0.236 e. The highest BCUT2D eigenvalue weighted by Crippen LogP contribution is 1.94. The van der Waals surface area contributed by atoms with Gasteiger partial charge in [-0.2, -0.15) is 5.26 Å². The molecular formula is C12H23N3O3. The second-order valence-corrected chi connectivity index (χ2v) is 3.93. The molecule has 0 aromatic carbocycles. The lowest BCUT2D eigenvalue weighted by molar-refractivity contribution is -0.131. The van der Waals surface area contributed by atoms with E-state index < -0.39 is 0 Å². The Morgan fingerprint density at radius 2 is 2.11 bits per heavy atom. The number of nitrogens with zero attached hydrogens (tertiary/aromatic N) is 3. The molecule has 0 bridgehead atoms. The van der Waals surface area contributed by atoms with Crippen molar-refractivity contribution in [1.29, 1.82) is 5.26 Å². The lowest BCUT2D eigenvalue weighted by atomic mass is 10.4. The minimum atomic E-state index is 0.00857. The fraction of sp³-hybridized carbons (Fsp3) is 0.833. The molecule has 0 aromatic rings. The number of carbonyl (C=O) groups excluding carboxylic acids is 1. The number of nitriles is 1. The average molecular weight is 257 g/mol. The van der Waals surface area contributed by atoms with E-state index in [0.717, 1.165) is 6.54 Å².